The van der Waals surface area contributed by atoms with E-state index in [0.717, 1.165) is 77.0 Å². The molecule has 0 amide bonds. The smallest absolute Gasteiger partial charge is 0.306 e. The second kappa shape index (κ2) is 62.9. The lowest BCUT2D eigenvalue weighted by Gasteiger charge is -2.18. The predicted molar refractivity (Wildman–Crippen MR) is 325 cm³/mol. The Labute approximate surface area is 464 Å². The summed E-state index contributed by atoms with van der Waals surface area (Å²) in [5, 5.41) is 0. The fraction of sp³-hybridized carbons (Fsp3) is 0.725. The lowest BCUT2D eigenvalue weighted by molar-refractivity contribution is -0.166. The van der Waals surface area contributed by atoms with Crippen molar-refractivity contribution in [2.24, 2.45) is 0 Å². The largest absolute Gasteiger partial charge is 0.462 e. The quantitative estimate of drug-likeness (QED) is 0.0261. The molecule has 0 fully saturated rings. The van der Waals surface area contributed by atoms with Crippen LogP contribution in [0.25, 0.3) is 0 Å². The summed E-state index contributed by atoms with van der Waals surface area (Å²) in [6, 6.07) is 0. The fourth-order valence-corrected chi connectivity index (χ4v) is 8.75. The number of carbonyl (C=O) groups excluding carboxylic acids is 3. The number of carbonyl (C=O) groups is 3. The highest BCUT2D eigenvalue weighted by atomic mass is 16.6. The van der Waals surface area contributed by atoms with Gasteiger partial charge in [0.05, 0.1) is 0 Å². The highest BCUT2D eigenvalue weighted by Crippen LogP contribution is 2.15. The second-order valence-corrected chi connectivity index (χ2v) is 21.0. The van der Waals surface area contributed by atoms with Crippen LogP contribution in [0.4, 0.5) is 0 Å². The van der Waals surface area contributed by atoms with Crippen LogP contribution in [0.1, 0.15) is 303 Å². The third-order valence-corrected chi connectivity index (χ3v) is 13.5. The van der Waals surface area contributed by atoms with Crippen LogP contribution in [0, 0.1) is 0 Å². The maximum Gasteiger partial charge on any atom is 0.306 e. The summed E-state index contributed by atoms with van der Waals surface area (Å²) in [6.45, 7) is 6.54. The third kappa shape index (κ3) is 61.1. The van der Waals surface area contributed by atoms with Crippen molar-refractivity contribution in [2.75, 3.05) is 13.2 Å². The van der Waals surface area contributed by atoms with Crippen LogP contribution in [0.3, 0.4) is 0 Å². The summed E-state index contributed by atoms with van der Waals surface area (Å²) in [5.74, 6) is -0.993. The zero-order valence-electron chi connectivity index (χ0n) is 49.3. The number of esters is 3. The first kappa shape index (κ1) is 71.3. The Kier molecular flexibility index (Phi) is 59.8. The monoisotopic (exact) mass is 1040 g/mol. The molecular formula is C69H118O6. The molecule has 0 rings (SSSR count). The molecule has 0 saturated carbocycles. The minimum atomic E-state index is -0.823. The highest BCUT2D eigenvalue weighted by Gasteiger charge is 2.19. The normalized spacial score (nSPS) is 12.7. The van der Waals surface area contributed by atoms with E-state index in [1.54, 1.807) is 0 Å². The highest BCUT2D eigenvalue weighted by molar-refractivity contribution is 5.71. The minimum absolute atomic E-state index is 0.109. The molecule has 0 aromatic rings. The van der Waals surface area contributed by atoms with Gasteiger partial charge in [-0.05, 0) is 116 Å². The number of allylic oxidation sites excluding steroid dienone is 16. The molecule has 0 N–H and O–H groups in total. The minimum Gasteiger partial charge on any atom is -0.462 e. The number of hydrogen-bond donors (Lipinski definition) is 0. The van der Waals surface area contributed by atoms with Crippen molar-refractivity contribution < 1.29 is 28.6 Å². The van der Waals surface area contributed by atoms with Gasteiger partial charge in [0, 0.05) is 19.3 Å². The Morgan fingerprint density at radius 2 is 0.507 bits per heavy atom. The van der Waals surface area contributed by atoms with Crippen molar-refractivity contribution in [3.05, 3.63) is 97.2 Å². The first-order chi connectivity index (χ1) is 37.0. The number of rotatable bonds is 57. The Morgan fingerprint density at radius 1 is 0.267 bits per heavy atom. The molecular weight excluding hydrogens is 925 g/mol. The molecule has 6 heteroatoms. The summed E-state index contributed by atoms with van der Waals surface area (Å²) in [7, 11) is 0. The van der Waals surface area contributed by atoms with Crippen LogP contribution in [-0.2, 0) is 28.6 Å². The summed E-state index contributed by atoms with van der Waals surface area (Å²) in [4.78, 5) is 38.3. The summed E-state index contributed by atoms with van der Waals surface area (Å²) >= 11 is 0. The van der Waals surface area contributed by atoms with Gasteiger partial charge in [-0.1, -0.05) is 266 Å². The van der Waals surface area contributed by atoms with Crippen molar-refractivity contribution in [1.29, 1.82) is 0 Å². The topological polar surface area (TPSA) is 78.9 Å². The molecule has 75 heavy (non-hydrogen) atoms. The van der Waals surface area contributed by atoms with E-state index >= 15 is 0 Å². The third-order valence-electron chi connectivity index (χ3n) is 13.5. The van der Waals surface area contributed by atoms with Crippen molar-refractivity contribution >= 4 is 17.9 Å². The Balaban J connectivity index is 4.48. The lowest BCUT2D eigenvalue weighted by atomic mass is 10.0. The van der Waals surface area contributed by atoms with Gasteiger partial charge in [0.25, 0.3) is 0 Å². The molecule has 0 radical (unpaired) electrons. The summed E-state index contributed by atoms with van der Waals surface area (Å²) in [6.07, 6.45) is 84.2. The van der Waals surface area contributed by atoms with E-state index in [4.69, 9.17) is 14.2 Å². The second-order valence-electron chi connectivity index (χ2n) is 21.0. The Bertz CT molecular complexity index is 1480. The van der Waals surface area contributed by atoms with Crippen molar-refractivity contribution in [1.82, 2.24) is 0 Å². The van der Waals surface area contributed by atoms with Gasteiger partial charge < -0.3 is 14.2 Å². The Morgan fingerprint density at radius 3 is 0.840 bits per heavy atom. The Hall–Kier alpha value is -3.67. The molecule has 0 aromatic carbocycles. The van der Waals surface area contributed by atoms with Crippen LogP contribution < -0.4 is 0 Å². The van der Waals surface area contributed by atoms with E-state index in [1.165, 1.54) is 180 Å². The van der Waals surface area contributed by atoms with E-state index in [9.17, 15) is 14.4 Å². The zero-order chi connectivity index (χ0) is 54.3. The van der Waals surface area contributed by atoms with Gasteiger partial charge in [0.1, 0.15) is 13.2 Å². The maximum atomic E-state index is 12.9. The van der Waals surface area contributed by atoms with Crippen LogP contribution in [0.5, 0.6) is 0 Å². The van der Waals surface area contributed by atoms with Gasteiger partial charge in [-0.15, -0.1) is 0 Å². The van der Waals surface area contributed by atoms with E-state index < -0.39 is 12.1 Å². The molecule has 0 unspecified atom stereocenters. The molecule has 0 heterocycles. The molecule has 0 spiro atoms. The van der Waals surface area contributed by atoms with Gasteiger partial charge in [0.2, 0.25) is 0 Å². The van der Waals surface area contributed by atoms with Gasteiger partial charge in [-0.25, -0.2) is 0 Å². The van der Waals surface area contributed by atoms with Crippen LogP contribution >= 0.6 is 0 Å². The van der Waals surface area contributed by atoms with Gasteiger partial charge in [-0.3, -0.25) is 14.4 Å². The molecule has 0 saturated heterocycles. The molecule has 0 bridgehead atoms. The number of hydrogen-bond acceptors (Lipinski definition) is 6. The number of ether oxygens (including phenoxy) is 3. The lowest BCUT2D eigenvalue weighted by Crippen LogP contribution is -2.30. The molecule has 430 valence electrons. The molecule has 0 aliphatic rings. The van der Waals surface area contributed by atoms with E-state index in [0.29, 0.717) is 19.3 Å². The van der Waals surface area contributed by atoms with Crippen molar-refractivity contribution in [2.45, 2.75) is 309 Å². The van der Waals surface area contributed by atoms with E-state index in [2.05, 4.69) is 112 Å². The number of unbranched alkanes of at least 4 members (excludes halogenated alkanes) is 30. The maximum absolute atomic E-state index is 12.9. The van der Waals surface area contributed by atoms with Crippen LogP contribution in [0.2, 0.25) is 0 Å². The van der Waals surface area contributed by atoms with Crippen molar-refractivity contribution in [3.63, 3.8) is 0 Å². The predicted octanol–water partition coefficient (Wildman–Crippen LogP) is 21.7. The fourth-order valence-electron chi connectivity index (χ4n) is 8.75. The van der Waals surface area contributed by atoms with Gasteiger partial charge >= 0.3 is 17.9 Å². The first-order valence-electron chi connectivity index (χ1n) is 31.7. The standard InChI is InChI=1S/C69H118O6/c1-4-7-10-13-16-19-22-25-28-31-33-34-36-38-41-44-47-50-53-56-59-62-68(71)74-65-66(64-73-67(70)61-58-55-52-49-46-43-40-37-30-27-24-21-18-15-12-9-6-3)75-69(72)63-60-57-54-51-48-45-42-39-35-32-29-26-23-20-17-14-11-8-5-2/h17-18,20-21,25-30,35,39,45,48,54,57,66H,4-16,19,22-24,31-34,36-38,40-44,46-47,49-53,55-56,58-65H2,1-3H3/b20-17-,21-18-,28-25-,29-26-,30-27-,39-35-,48-45-,57-54-/t66-/m1/s1. The molecule has 1 atom stereocenters. The van der Waals surface area contributed by atoms with Crippen LogP contribution in [0.15, 0.2) is 97.2 Å². The average molecular weight is 1040 g/mol. The van der Waals surface area contributed by atoms with E-state index in [-0.39, 0.29) is 31.6 Å². The van der Waals surface area contributed by atoms with Gasteiger partial charge in [0.15, 0.2) is 6.10 Å². The summed E-state index contributed by atoms with van der Waals surface area (Å²) in [5.41, 5.74) is 0. The zero-order valence-corrected chi connectivity index (χ0v) is 49.3. The molecule has 0 aliphatic carbocycles. The molecule has 6 nitrogen and oxygen atoms in total. The SMILES string of the molecule is CCCCC/C=C\C/C=C\C/C=C\C/C=C\C/C=C\CCC(=O)O[C@H](COC(=O)CCCCCCCCC/C=C\C/C=C\CCCCC)COC(=O)CCCCCCCCCCCCC/C=C\CCCCCCCC. The van der Waals surface area contributed by atoms with Crippen molar-refractivity contribution in [3.8, 4) is 0 Å². The van der Waals surface area contributed by atoms with Gasteiger partial charge in [-0.2, -0.15) is 0 Å². The molecule has 0 aliphatic heterocycles. The first-order valence-corrected chi connectivity index (χ1v) is 31.7. The van der Waals surface area contributed by atoms with E-state index in [1.807, 2.05) is 6.08 Å². The average Bonchev–Trinajstić information content (AvgIpc) is 3.41. The molecule has 0 aromatic heterocycles. The summed E-state index contributed by atoms with van der Waals surface area (Å²) < 4.78 is 16.9. The van der Waals surface area contributed by atoms with Crippen LogP contribution in [-0.4, -0.2) is 37.2 Å².